The van der Waals surface area contributed by atoms with Gasteiger partial charge in [0.2, 0.25) is 0 Å². The molecule has 0 amide bonds. The van der Waals surface area contributed by atoms with Crippen LogP contribution in [0, 0.1) is 17.7 Å². The molecule has 2 rings (SSSR count). The molecule has 1 aromatic rings. The number of benzene rings is 1. The Morgan fingerprint density at radius 3 is 2.48 bits per heavy atom. The van der Waals surface area contributed by atoms with Gasteiger partial charge in [-0.15, -0.1) is 0 Å². The molecule has 5 heteroatoms. The Labute approximate surface area is 125 Å². The molecule has 0 spiro atoms. The summed E-state index contributed by atoms with van der Waals surface area (Å²) in [5, 5.41) is 0. The fourth-order valence-electron chi connectivity index (χ4n) is 2.63. The van der Waals surface area contributed by atoms with Gasteiger partial charge in [0.05, 0.1) is 18.8 Å². The van der Waals surface area contributed by atoms with E-state index < -0.39 is 0 Å². The van der Waals surface area contributed by atoms with Crippen LogP contribution in [0.25, 0.3) is 0 Å². The van der Waals surface area contributed by atoms with Gasteiger partial charge in [-0.2, -0.15) is 0 Å². The van der Waals surface area contributed by atoms with Crippen molar-refractivity contribution in [3.63, 3.8) is 0 Å². The van der Waals surface area contributed by atoms with E-state index in [2.05, 4.69) is 16.7 Å². The van der Waals surface area contributed by atoms with E-state index in [1.54, 1.807) is 14.2 Å². The van der Waals surface area contributed by atoms with Crippen LogP contribution in [0.2, 0.25) is 0 Å². The average Bonchev–Trinajstić information content (AvgIpc) is 2.86. The summed E-state index contributed by atoms with van der Waals surface area (Å²) in [4.78, 5) is 2.19. The number of methoxy groups -OCH3 is 2. The topological polar surface area (TPSA) is 47.7 Å². The predicted molar refractivity (Wildman–Crippen MR) is 79.2 cm³/mol. The third-order valence-electron chi connectivity index (χ3n) is 3.59. The first-order chi connectivity index (χ1) is 10.2. The molecule has 0 saturated carbocycles. The third-order valence-corrected chi connectivity index (χ3v) is 3.59. The lowest BCUT2D eigenvalue weighted by Gasteiger charge is -2.15. The van der Waals surface area contributed by atoms with Gasteiger partial charge < -0.3 is 15.2 Å². The van der Waals surface area contributed by atoms with Crippen LogP contribution < -0.4 is 5.73 Å². The van der Waals surface area contributed by atoms with Crippen molar-refractivity contribution < 1.29 is 13.9 Å². The number of ether oxygens (including phenoxy) is 2. The molecule has 4 nitrogen and oxygen atoms in total. The molecule has 1 fully saturated rings. The van der Waals surface area contributed by atoms with Crippen molar-refractivity contribution in [2.45, 2.75) is 18.8 Å². The van der Waals surface area contributed by atoms with Gasteiger partial charge in [-0.1, -0.05) is 11.8 Å². The summed E-state index contributed by atoms with van der Waals surface area (Å²) in [6, 6.07) is 4.86. The Bertz CT molecular complexity index is 527. The Morgan fingerprint density at radius 1 is 1.24 bits per heavy atom. The van der Waals surface area contributed by atoms with E-state index in [1.165, 1.54) is 12.1 Å². The van der Waals surface area contributed by atoms with Gasteiger partial charge in [-0.05, 0) is 23.8 Å². The SMILES string of the molecule is COC1CN(Cc2cc(F)cc(C#CCN)c2)CC1OC. The summed E-state index contributed by atoms with van der Waals surface area (Å²) < 4.78 is 24.5. The van der Waals surface area contributed by atoms with Crippen LogP contribution in [-0.4, -0.2) is 51.0 Å². The van der Waals surface area contributed by atoms with Crippen LogP contribution in [-0.2, 0) is 16.0 Å². The minimum absolute atomic E-state index is 0.0556. The Balaban J connectivity index is 2.08. The zero-order chi connectivity index (χ0) is 15.2. The lowest BCUT2D eigenvalue weighted by atomic mass is 10.1. The molecule has 114 valence electrons. The first kappa shape index (κ1) is 15.9. The molecule has 1 aromatic carbocycles. The predicted octanol–water partition coefficient (Wildman–Crippen LogP) is 0.981. The second kappa shape index (κ2) is 7.53. The van der Waals surface area contributed by atoms with E-state index in [4.69, 9.17) is 15.2 Å². The van der Waals surface area contributed by atoms with Crippen molar-refractivity contribution in [2.75, 3.05) is 33.9 Å². The van der Waals surface area contributed by atoms with Gasteiger partial charge in [0, 0.05) is 39.4 Å². The molecule has 0 bridgehead atoms. The second-order valence-electron chi connectivity index (χ2n) is 5.10. The first-order valence-corrected chi connectivity index (χ1v) is 6.92. The van der Waals surface area contributed by atoms with Crippen LogP contribution >= 0.6 is 0 Å². The zero-order valence-corrected chi connectivity index (χ0v) is 12.4. The monoisotopic (exact) mass is 292 g/mol. The van der Waals surface area contributed by atoms with Crippen LogP contribution in [0.4, 0.5) is 4.39 Å². The fourth-order valence-corrected chi connectivity index (χ4v) is 2.63. The lowest BCUT2D eigenvalue weighted by Crippen LogP contribution is -2.27. The highest BCUT2D eigenvalue weighted by Gasteiger charge is 2.32. The highest BCUT2D eigenvalue weighted by atomic mass is 19.1. The Hall–Kier alpha value is -1.45. The normalized spacial score (nSPS) is 22.1. The van der Waals surface area contributed by atoms with Gasteiger partial charge in [0.25, 0.3) is 0 Å². The number of nitrogens with zero attached hydrogens (tertiary/aromatic N) is 1. The minimum atomic E-state index is -0.278. The highest BCUT2D eigenvalue weighted by Crippen LogP contribution is 2.19. The van der Waals surface area contributed by atoms with E-state index in [0.29, 0.717) is 12.1 Å². The maximum Gasteiger partial charge on any atom is 0.124 e. The van der Waals surface area contributed by atoms with Gasteiger partial charge in [0.15, 0.2) is 0 Å². The van der Waals surface area contributed by atoms with Gasteiger partial charge >= 0.3 is 0 Å². The summed E-state index contributed by atoms with van der Waals surface area (Å²) in [6.07, 6.45) is 0.111. The van der Waals surface area contributed by atoms with E-state index >= 15 is 0 Å². The summed E-state index contributed by atoms with van der Waals surface area (Å²) in [7, 11) is 3.37. The first-order valence-electron chi connectivity index (χ1n) is 6.92. The van der Waals surface area contributed by atoms with Crippen molar-refractivity contribution in [3.8, 4) is 11.8 Å². The van der Waals surface area contributed by atoms with Gasteiger partial charge in [-0.25, -0.2) is 4.39 Å². The van der Waals surface area contributed by atoms with E-state index in [0.717, 1.165) is 18.7 Å². The molecule has 2 unspecified atom stereocenters. The highest BCUT2D eigenvalue weighted by molar-refractivity contribution is 5.38. The molecule has 0 aliphatic carbocycles. The Morgan fingerprint density at radius 2 is 1.90 bits per heavy atom. The maximum absolute atomic E-state index is 13.6. The minimum Gasteiger partial charge on any atom is -0.377 e. The summed E-state index contributed by atoms with van der Waals surface area (Å²) >= 11 is 0. The molecule has 0 radical (unpaired) electrons. The standard InChI is InChI=1S/C16H21FN2O2/c1-20-15-10-19(11-16(15)21-2)9-13-6-12(4-3-5-18)7-14(17)8-13/h6-8,15-16H,5,9-11,18H2,1-2H3. The van der Waals surface area contributed by atoms with Crippen LogP contribution in [0.1, 0.15) is 11.1 Å². The number of hydrogen-bond acceptors (Lipinski definition) is 4. The molecule has 1 heterocycles. The largest absolute Gasteiger partial charge is 0.377 e. The number of likely N-dealkylation sites (tertiary alicyclic amines) is 1. The summed E-state index contributed by atoms with van der Waals surface area (Å²) in [6.45, 7) is 2.46. The number of hydrogen-bond donors (Lipinski definition) is 1. The summed E-state index contributed by atoms with van der Waals surface area (Å²) in [5.74, 6) is 5.33. The van der Waals surface area contributed by atoms with Crippen molar-refractivity contribution in [1.29, 1.82) is 0 Å². The molecule has 2 atom stereocenters. The lowest BCUT2D eigenvalue weighted by molar-refractivity contribution is -0.00461. The Kier molecular flexibility index (Phi) is 5.71. The smallest absolute Gasteiger partial charge is 0.124 e. The van der Waals surface area contributed by atoms with Gasteiger partial charge in [-0.3, -0.25) is 4.90 Å². The third kappa shape index (κ3) is 4.26. The molecule has 21 heavy (non-hydrogen) atoms. The van der Waals surface area contributed by atoms with Crippen molar-refractivity contribution in [2.24, 2.45) is 5.73 Å². The average molecular weight is 292 g/mol. The van der Waals surface area contributed by atoms with E-state index in [1.807, 2.05) is 6.07 Å². The molecular formula is C16H21FN2O2. The van der Waals surface area contributed by atoms with Crippen LogP contribution in [0.15, 0.2) is 18.2 Å². The van der Waals surface area contributed by atoms with E-state index in [-0.39, 0.29) is 24.6 Å². The molecule has 0 aromatic heterocycles. The second-order valence-corrected chi connectivity index (χ2v) is 5.10. The van der Waals surface area contributed by atoms with Crippen molar-refractivity contribution in [1.82, 2.24) is 4.90 Å². The number of rotatable bonds is 4. The van der Waals surface area contributed by atoms with Crippen molar-refractivity contribution in [3.05, 3.63) is 35.1 Å². The van der Waals surface area contributed by atoms with Crippen LogP contribution in [0.3, 0.4) is 0 Å². The van der Waals surface area contributed by atoms with Crippen LogP contribution in [0.5, 0.6) is 0 Å². The maximum atomic E-state index is 13.6. The molecule has 1 aliphatic rings. The summed E-state index contributed by atoms with van der Waals surface area (Å²) in [5.41, 5.74) is 6.89. The molecule has 2 N–H and O–H groups in total. The van der Waals surface area contributed by atoms with Gasteiger partial charge in [0.1, 0.15) is 5.82 Å². The number of halogens is 1. The quantitative estimate of drug-likeness (QED) is 0.841. The molecule has 1 aliphatic heterocycles. The van der Waals surface area contributed by atoms with E-state index in [9.17, 15) is 4.39 Å². The fraction of sp³-hybridized carbons (Fsp3) is 0.500. The molecule has 1 saturated heterocycles. The molecular weight excluding hydrogens is 271 g/mol. The zero-order valence-electron chi connectivity index (χ0n) is 12.4. The van der Waals surface area contributed by atoms with Crippen molar-refractivity contribution >= 4 is 0 Å². The number of nitrogens with two attached hydrogens (primary N) is 1.